The Morgan fingerprint density at radius 3 is 2.95 bits per heavy atom. The Balaban J connectivity index is 1.60. The normalized spacial score (nSPS) is 18.6. The topological polar surface area (TPSA) is 60.5 Å². The zero-order chi connectivity index (χ0) is 15.9. The molecule has 2 rings (SSSR count). The number of nitrogens with zero attached hydrogens (tertiary/aromatic N) is 3. The average molecular weight is 305 g/mol. The molecule has 6 heteroatoms. The van der Waals surface area contributed by atoms with Crippen LogP contribution in [0, 0.1) is 6.92 Å². The van der Waals surface area contributed by atoms with Gasteiger partial charge in [0, 0.05) is 38.4 Å². The third-order valence-corrected chi connectivity index (χ3v) is 4.01. The van der Waals surface area contributed by atoms with Gasteiger partial charge < -0.3 is 15.5 Å². The molecule has 1 aliphatic rings. The molecule has 1 amide bonds. The van der Waals surface area contributed by atoms with E-state index in [0.717, 1.165) is 25.3 Å². The van der Waals surface area contributed by atoms with E-state index in [1.165, 1.54) is 5.56 Å². The van der Waals surface area contributed by atoms with E-state index in [2.05, 4.69) is 39.5 Å². The number of likely N-dealkylation sites (tertiary alicyclic amines) is 1. The molecule has 22 heavy (non-hydrogen) atoms. The van der Waals surface area contributed by atoms with E-state index < -0.39 is 0 Å². The number of aromatic nitrogens is 1. The highest BCUT2D eigenvalue weighted by atomic mass is 16.2. The van der Waals surface area contributed by atoms with Gasteiger partial charge in [0.25, 0.3) is 0 Å². The van der Waals surface area contributed by atoms with Crippen molar-refractivity contribution < 1.29 is 4.79 Å². The third kappa shape index (κ3) is 5.27. The molecule has 1 saturated heterocycles. The van der Waals surface area contributed by atoms with Crippen molar-refractivity contribution in [1.82, 2.24) is 20.1 Å². The number of carbonyl (C=O) groups excluding carboxylic acids is 1. The van der Waals surface area contributed by atoms with Crippen molar-refractivity contribution in [2.75, 3.05) is 52.1 Å². The Morgan fingerprint density at radius 1 is 1.45 bits per heavy atom. The number of rotatable bonds is 7. The van der Waals surface area contributed by atoms with Crippen LogP contribution in [0.3, 0.4) is 0 Å². The monoisotopic (exact) mass is 305 g/mol. The summed E-state index contributed by atoms with van der Waals surface area (Å²) in [6.07, 6.45) is 2.92. The molecular formula is C16H27N5O. The van der Waals surface area contributed by atoms with E-state index >= 15 is 0 Å². The number of hydrogen-bond acceptors (Lipinski definition) is 5. The van der Waals surface area contributed by atoms with Gasteiger partial charge in [0.05, 0.1) is 6.54 Å². The van der Waals surface area contributed by atoms with Gasteiger partial charge in [0.15, 0.2) is 0 Å². The van der Waals surface area contributed by atoms with E-state index in [-0.39, 0.29) is 5.91 Å². The number of nitrogens with one attached hydrogen (secondary N) is 2. The Hall–Kier alpha value is -1.66. The van der Waals surface area contributed by atoms with Crippen LogP contribution in [0.5, 0.6) is 0 Å². The fourth-order valence-electron chi connectivity index (χ4n) is 2.66. The molecule has 0 aromatic carbocycles. The quantitative estimate of drug-likeness (QED) is 0.721. The van der Waals surface area contributed by atoms with E-state index in [9.17, 15) is 4.79 Å². The molecule has 1 fully saturated rings. The lowest BCUT2D eigenvalue weighted by atomic mass is 10.2. The van der Waals surface area contributed by atoms with Gasteiger partial charge in [0.1, 0.15) is 5.82 Å². The minimum atomic E-state index is 0.0957. The predicted octanol–water partition coefficient (Wildman–Crippen LogP) is 0.554. The van der Waals surface area contributed by atoms with Gasteiger partial charge in [-0.1, -0.05) is 0 Å². The summed E-state index contributed by atoms with van der Waals surface area (Å²) in [6.45, 7) is 5.80. The van der Waals surface area contributed by atoms with Crippen molar-refractivity contribution in [2.24, 2.45) is 0 Å². The molecule has 0 saturated carbocycles. The molecule has 0 unspecified atom stereocenters. The van der Waals surface area contributed by atoms with Crippen LogP contribution in [-0.4, -0.2) is 73.6 Å². The number of likely N-dealkylation sites (N-methyl/N-ethyl adjacent to an activating group) is 1. The van der Waals surface area contributed by atoms with Gasteiger partial charge in [-0.25, -0.2) is 4.98 Å². The van der Waals surface area contributed by atoms with Crippen LogP contribution in [-0.2, 0) is 4.79 Å². The van der Waals surface area contributed by atoms with Crippen LogP contribution in [0.25, 0.3) is 0 Å². The van der Waals surface area contributed by atoms with Crippen LogP contribution in [0.1, 0.15) is 12.0 Å². The molecule has 2 N–H and O–H groups in total. The summed E-state index contributed by atoms with van der Waals surface area (Å²) in [5.41, 5.74) is 1.17. The van der Waals surface area contributed by atoms with Crippen molar-refractivity contribution in [1.29, 1.82) is 0 Å². The van der Waals surface area contributed by atoms with Gasteiger partial charge in [-0.2, -0.15) is 0 Å². The maximum absolute atomic E-state index is 11.9. The third-order valence-electron chi connectivity index (χ3n) is 4.01. The van der Waals surface area contributed by atoms with Crippen LogP contribution in [0.2, 0.25) is 0 Å². The van der Waals surface area contributed by atoms with E-state index in [4.69, 9.17) is 0 Å². The summed E-state index contributed by atoms with van der Waals surface area (Å²) < 4.78 is 0. The van der Waals surface area contributed by atoms with Crippen molar-refractivity contribution in [3.05, 3.63) is 23.9 Å². The molecule has 1 aromatic rings. The number of pyridine rings is 1. The summed E-state index contributed by atoms with van der Waals surface area (Å²) in [6, 6.07) is 4.53. The second-order valence-electron chi connectivity index (χ2n) is 6.14. The van der Waals surface area contributed by atoms with Gasteiger partial charge in [-0.3, -0.25) is 9.69 Å². The van der Waals surface area contributed by atoms with E-state index in [1.54, 1.807) is 6.20 Å². The van der Waals surface area contributed by atoms with E-state index in [0.29, 0.717) is 25.7 Å². The predicted molar refractivity (Wildman–Crippen MR) is 89.0 cm³/mol. The highest BCUT2D eigenvalue weighted by Gasteiger charge is 2.24. The molecular weight excluding hydrogens is 278 g/mol. The Morgan fingerprint density at radius 2 is 2.27 bits per heavy atom. The second-order valence-corrected chi connectivity index (χ2v) is 6.14. The van der Waals surface area contributed by atoms with Gasteiger partial charge in [0.2, 0.25) is 5.91 Å². The highest BCUT2D eigenvalue weighted by Crippen LogP contribution is 2.12. The first kappa shape index (κ1) is 16.7. The highest BCUT2D eigenvalue weighted by molar-refractivity contribution is 5.78. The number of anilines is 1. The minimum Gasteiger partial charge on any atom is -0.368 e. The SMILES string of the molecule is Cc1ccnc(NCCNC(=O)CN2CC[C@H](N(C)C)C2)c1. The van der Waals surface area contributed by atoms with Gasteiger partial charge in [-0.05, 0) is 45.1 Å². The lowest BCUT2D eigenvalue weighted by Crippen LogP contribution is -2.39. The largest absolute Gasteiger partial charge is 0.368 e. The molecule has 1 aliphatic heterocycles. The number of hydrogen-bond donors (Lipinski definition) is 2. The molecule has 122 valence electrons. The maximum Gasteiger partial charge on any atom is 0.234 e. The minimum absolute atomic E-state index is 0.0957. The number of carbonyl (C=O) groups is 1. The van der Waals surface area contributed by atoms with Gasteiger partial charge in [-0.15, -0.1) is 0 Å². The van der Waals surface area contributed by atoms with Gasteiger partial charge >= 0.3 is 0 Å². The Labute approximate surface area is 132 Å². The van der Waals surface area contributed by atoms with Crippen LogP contribution >= 0.6 is 0 Å². The van der Waals surface area contributed by atoms with Crippen LogP contribution in [0.15, 0.2) is 18.3 Å². The second kappa shape index (κ2) is 8.10. The molecule has 1 atom stereocenters. The summed E-state index contributed by atoms with van der Waals surface area (Å²) in [7, 11) is 4.19. The molecule has 2 heterocycles. The zero-order valence-corrected chi connectivity index (χ0v) is 13.8. The van der Waals surface area contributed by atoms with Crippen LogP contribution < -0.4 is 10.6 Å². The average Bonchev–Trinajstić information content (AvgIpc) is 2.92. The Kier molecular flexibility index (Phi) is 6.15. The van der Waals surface area contributed by atoms with Crippen LogP contribution in [0.4, 0.5) is 5.82 Å². The number of amides is 1. The molecule has 1 aromatic heterocycles. The standard InChI is InChI=1S/C16H27N5O/c1-13-4-6-17-15(10-13)18-7-8-19-16(22)12-21-9-5-14(11-21)20(2)3/h4,6,10,14H,5,7-9,11-12H2,1-3H3,(H,17,18)(H,19,22)/t14-/m0/s1. The van der Waals surface area contributed by atoms with Crippen molar-refractivity contribution >= 4 is 11.7 Å². The lowest BCUT2D eigenvalue weighted by Gasteiger charge is -2.20. The molecule has 0 spiro atoms. The first-order valence-electron chi connectivity index (χ1n) is 7.86. The maximum atomic E-state index is 11.9. The smallest absolute Gasteiger partial charge is 0.234 e. The summed E-state index contributed by atoms with van der Waals surface area (Å²) >= 11 is 0. The summed E-state index contributed by atoms with van der Waals surface area (Å²) in [5, 5.41) is 6.16. The summed E-state index contributed by atoms with van der Waals surface area (Å²) in [4.78, 5) is 20.6. The first-order valence-corrected chi connectivity index (χ1v) is 7.86. The lowest BCUT2D eigenvalue weighted by molar-refractivity contribution is -0.121. The summed E-state index contributed by atoms with van der Waals surface area (Å²) in [5.74, 6) is 0.945. The van der Waals surface area contributed by atoms with Crippen molar-refractivity contribution in [3.63, 3.8) is 0 Å². The fraction of sp³-hybridized carbons (Fsp3) is 0.625. The Bertz CT molecular complexity index is 491. The molecule has 0 radical (unpaired) electrons. The number of aryl methyl sites for hydroxylation is 1. The van der Waals surface area contributed by atoms with E-state index in [1.807, 2.05) is 19.1 Å². The zero-order valence-electron chi connectivity index (χ0n) is 13.8. The molecule has 0 bridgehead atoms. The molecule has 0 aliphatic carbocycles. The van der Waals surface area contributed by atoms with Crippen molar-refractivity contribution in [2.45, 2.75) is 19.4 Å². The fourth-order valence-corrected chi connectivity index (χ4v) is 2.66. The first-order chi connectivity index (χ1) is 10.5. The molecule has 6 nitrogen and oxygen atoms in total. The van der Waals surface area contributed by atoms with Crippen molar-refractivity contribution in [3.8, 4) is 0 Å².